The van der Waals surface area contributed by atoms with Gasteiger partial charge in [-0.05, 0) is 43.2 Å². The highest BCUT2D eigenvalue weighted by Gasteiger charge is 2.38. The van der Waals surface area contributed by atoms with E-state index < -0.39 is 12.0 Å². The van der Waals surface area contributed by atoms with Crippen molar-refractivity contribution in [2.45, 2.75) is 25.8 Å². The molecule has 1 aromatic carbocycles. The molecule has 0 radical (unpaired) electrons. The highest BCUT2D eigenvalue weighted by molar-refractivity contribution is 5.94. The number of carbonyl (C=O) groups excluding carboxylic acids is 2. The first kappa shape index (κ1) is 17.1. The smallest absolute Gasteiger partial charge is 0.231 e. The van der Waals surface area contributed by atoms with E-state index in [0.29, 0.717) is 18.7 Å². The van der Waals surface area contributed by atoms with Crippen molar-refractivity contribution in [3.8, 4) is 0 Å². The van der Waals surface area contributed by atoms with Crippen molar-refractivity contribution < 1.29 is 14.0 Å². The van der Waals surface area contributed by atoms with Crippen molar-refractivity contribution in [1.82, 2.24) is 9.88 Å². The number of hydrogen-bond acceptors (Lipinski definition) is 3. The van der Waals surface area contributed by atoms with Crippen LogP contribution in [-0.2, 0) is 9.59 Å². The Morgan fingerprint density at radius 2 is 1.96 bits per heavy atom. The quantitative estimate of drug-likeness (QED) is 0.933. The van der Waals surface area contributed by atoms with Crippen LogP contribution in [0.5, 0.6) is 0 Å². The molecule has 1 N–H and O–H groups in total. The van der Waals surface area contributed by atoms with E-state index in [1.807, 2.05) is 19.1 Å². The topological polar surface area (TPSA) is 62.3 Å². The van der Waals surface area contributed by atoms with Crippen LogP contribution in [0.2, 0.25) is 0 Å². The SMILES string of the molecule is Cc1cccc(NC(=O)[C@H]2CCC(=O)N(C)[C@@H]2c2ccc(F)cc2)n1. The van der Waals surface area contributed by atoms with E-state index in [0.717, 1.165) is 11.3 Å². The normalized spacial score (nSPS) is 20.4. The van der Waals surface area contributed by atoms with E-state index in [-0.39, 0.29) is 17.6 Å². The van der Waals surface area contributed by atoms with E-state index in [1.54, 1.807) is 30.1 Å². The van der Waals surface area contributed by atoms with Gasteiger partial charge in [-0.25, -0.2) is 9.37 Å². The molecule has 1 aromatic heterocycles. The third-order valence-electron chi connectivity index (χ3n) is 4.55. The van der Waals surface area contributed by atoms with Crippen LogP contribution in [0.4, 0.5) is 10.2 Å². The van der Waals surface area contributed by atoms with Crippen molar-refractivity contribution in [3.05, 3.63) is 59.5 Å². The maximum Gasteiger partial charge on any atom is 0.231 e. The van der Waals surface area contributed by atoms with Gasteiger partial charge in [0.1, 0.15) is 11.6 Å². The molecule has 2 amide bonds. The zero-order valence-corrected chi connectivity index (χ0v) is 14.2. The maximum atomic E-state index is 13.2. The van der Waals surface area contributed by atoms with E-state index >= 15 is 0 Å². The van der Waals surface area contributed by atoms with E-state index in [9.17, 15) is 14.0 Å². The van der Waals surface area contributed by atoms with Crippen LogP contribution in [0.3, 0.4) is 0 Å². The van der Waals surface area contributed by atoms with Crippen LogP contribution < -0.4 is 5.32 Å². The molecular formula is C19H20FN3O2. The average molecular weight is 341 g/mol. The summed E-state index contributed by atoms with van der Waals surface area (Å²) in [7, 11) is 1.68. The van der Waals surface area contributed by atoms with Crippen LogP contribution >= 0.6 is 0 Å². The van der Waals surface area contributed by atoms with Gasteiger partial charge in [-0.15, -0.1) is 0 Å². The van der Waals surface area contributed by atoms with Crippen LogP contribution in [0.1, 0.15) is 30.1 Å². The second kappa shape index (κ2) is 7.01. The van der Waals surface area contributed by atoms with Crippen LogP contribution in [0, 0.1) is 18.7 Å². The molecule has 1 aliphatic heterocycles. The molecular weight excluding hydrogens is 321 g/mol. The molecule has 1 aliphatic rings. The Balaban J connectivity index is 1.87. The standard InChI is InChI=1S/C19H20FN3O2/c1-12-4-3-5-16(21-12)22-19(25)15-10-11-17(24)23(2)18(15)13-6-8-14(20)9-7-13/h3-9,15,18H,10-11H2,1-2H3,(H,21,22,25)/t15-,18+/m0/s1. The molecule has 2 aromatic rings. The lowest BCUT2D eigenvalue weighted by molar-refractivity contribution is -0.140. The molecule has 0 spiro atoms. The summed E-state index contributed by atoms with van der Waals surface area (Å²) < 4.78 is 13.2. The lowest BCUT2D eigenvalue weighted by Crippen LogP contribution is -2.44. The Hall–Kier alpha value is -2.76. The molecule has 25 heavy (non-hydrogen) atoms. The number of aromatic nitrogens is 1. The first-order valence-corrected chi connectivity index (χ1v) is 8.21. The van der Waals surface area contributed by atoms with E-state index in [4.69, 9.17) is 0 Å². The molecule has 5 nitrogen and oxygen atoms in total. The zero-order chi connectivity index (χ0) is 18.0. The van der Waals surface area contributed by atoms with Crippen molar-refractivity contribution >= 4 is 17.6 Å². The number of piperidine rings is 1. The van der Waals surface area contributed by atoms with Crippen LogP contribution in [-0.4, -0.2) is 28.7 Å². The fourth-order valence-electron chi connectivity index (χ4n) is 3.26. The summed E-state index contributed by atoms with van der Waals surface area (Å²) in [6.07, 6.45) is 0.760. The third kappa shape index (κ3) is 3.68. The lowest BCUT2D eigenvalue weighted by Gasteiger charge is -2.38. The van der Waals surface area contributed by atoms with Gasteiger partial charge in [0.25, 0.3) is 0 Å². The summed E-state index contributed by atoms with van der Waals surface area (Å²) in [6, 6.07) is 10.9. The van der Waals surface area contributed by atoms with Crippen molar-refractivity contribution in [1.29, 1.82) is 0 Å². The largest absolute Gasteiger partial charge is 0.338 e. The van der Waals surface area contributed by atoms with Gasteiger partial charge < -0.3 is 10.2 Å². The van der Waals surface area contributed by atoms with Gasteiger partial charge in [-0.1, -0.05) is 18.2 Å². The number of likely N-dealkylation sites (tertiary alicyclic amines) is 1. The first-order chi connectivity index (χ1) is 12.0. The second-order valence-corrected chi connectivity index (χ2v) is 6.30. The molecule has 130 valence electrons. The summed E-state index contributed by atoms with van der Waals surface area (Å²) in [5.74, 6) is -0.491. The number of pyridine rings is 1. The highest BCUT2D eigenvalue weighted by Crippen LogP contribution is 2.36. The molecule has 6 heteroatoms. The number of anilines is 1. The zero-order valence-electron chi connectivity index (χ0n) is 14.2. The lowest BCUT2D eigenvalue weighted by atomic mass is 9.84. The van der Waals surface area contributed by atoms with Gasteiger partial charge in [0, 0.05) is 19.2 Å². The van der Waals surface area contributed by atoms with E-state index in [2.05, 4.69) is 10.3 Å². The van der Waals surface area contributed by atoms with E-state index in [1.165, 1.54) is 12.1 Å². The molecule has 0 unspecified atom stereocenters. The minimum Gasteiger partial charge on any atom is -0.338 e. The van der Waals surface area contributed by atoms with Gasteiger partial charge in [-0.2, -0.15) is 0 Å². The number of hydrogen-bond donors (Lipinski definition) is 1. The van der Waals surface area contributed by atoms with Crippen molar-refractivity contribution in [2.75, 3.05) is 12.4 Å². The number of halogens is 1. The number of nitrogens with one attached hydrogen (secondary N) is 1. The maximum absolute atomic E-state index is 13.2. The molecule has 0 aliphatic carbocycles. The molecule has 2 atom stereocenters. The Morgan fingerprint density at radius 1 is 1.24 bits per heavy atom. The Labute approximate surface area is 145 Å². The first-order valence-electron chi connectivity index (χ1n) is 8.21. The molecule has 2 heterocycles. The summed E-state index contributed by atoms with van der Waals surface area (Å²) in [5, 5.41) is 2.84. The number of benzene rings is 1. The molecule has 1 saturated heterocycles. The molecule has 0 bridgehead atoms. The third-order valence-corrected chi connectivity index (χ3v) is 4.55. The van der Waals surface area contributed by atoms with Gasteiger partial charge >= 0.3 is 0 Å². The van der Waals surface area contributed by atoms with Crippen molar-refractivity contribution in [2.24, 2.45) is 5.92 Å². The Kier molecular flexibility index (Phi) is 4.79. The van der Waals surface area contributed by atoms with Gasteiger partial charge in [0.05, 0.1) is 12.0 Å². The van der Waals surface area contributed by atoms with Crippen LogP contribution in [0.25, 0.3) is 0 Å². The Morgan fingerprint density at radius 3 is 2.64 bits per heavy atom. The highest BCUT2D eigenvalue weighted by atomic mass is 19.1. The van der Waals surface area contributed by atoms with Gasteiger partial charge in [0.2, 0.25) is 11.8 Å². The van der Waals surface area contributed by atoms with Crippen molar-refractivity contribution in [3.63, 3.8) is 0 Å². The minimum absolute atomic E-state index is 0.0212. The van der Waals surface area contributed by atoms with Gasteiger partial charge in [-0.3, -0.25) is 9.59 Å². The minimum atomic E-state index is -0.424. The van der Waals surface area contributed by atoms with Crippen LogP contribution in [0.15, 0.2) is 42.5 Å². The number of carbonyl (C=O) groups is 2. The number of nitrogens with zero attached hydrogens (tertiary/aromatic N) is 2. The Bertz CT molecular complexity index is 792. The molecule has 0 saturated carbocycles. The average Bonchev–Trinajstić information content (AvgIpc) is 2.58. The fourth-order valence-corrected chi connectivity index (χ4v) is 3.26. The monoisotopic (exact) mass is 341 g/mol. The number of amides is 2. The summed E-state index contributed by atoms with van der Waals surface area (Å²) in [6.45, 7) is 1.85. The number of aryl methyl sites for hydroxylation is 1. The number of rotatable bonds is 3. The predicted octanol–water partition coefficient (Wildman–Crippen LogP) is 3.08. The second-order valence-electron chi connectivity index (χ2n) is 6.30. The fraction of sp³-hybridized carbons (Fsp3) is 0.316. The summed E-state index contributed by atoms with van der Waals surface area (Å²) >= 11 is 0. The summed E-state index contributed by atoms with van der Waals surface area (Å²) in [4.78, 5) is 30.8. The predicted molar refractivity (Wildman–Crippen MR) is 92.2 cm³/mol. The van der Waals surface area contributed by atoms with Gasteiger partial charge in [0.15, 0.2) is 0 Å². The molecule has 3 rings (SSSR count). The molecule has 1 fully saturated rings. The summed E-state index contributed by atoms with van der Waals surface area (Å²) in [5.41, 5.74) is 1.55.